The summed E-state index contributed by atoms with van der Waals surface area (Å²) in [6, 6.07) is 3.99. The van der Waals surface area contributed by atoms with Crippen LogP contribution in [0.2, 0.25) is 0 Å². The van der Waals surface area contributed by atoms with Crippen LogP contribution in [-0.2, 0) is 20.8 Å². The largest absolute Gasteiger partial charge is 0.427 e. The fraction of sp³-hybridized carbons (Fsp3) is 0.571. The predicted octanol–water partition coefficient (Wildman–Crippen LogP) is 1.39. The van der Waals surface area contributed by atoms with Gasteiger partial charge in [0.15, 0.2) is 5.49 Å². The highest BCUT2D eigenvalue weighted by Crippen LogP contribution is 2.33. The summed E-state index contributed by atoms with van der Waals surface area (Å²) in [5, 5.41) is 24.3. The van der Waals surface area contributed by atoms with E-state index in [-0.39, 0.29) is 18.3 Å². The van der Waals surface area contributed by atoms with Gasteiger partial charge in [-0.25, -0.2) is 10.5 Å². The number of hydrogen-bond donors (Lipinski definition) is 3. The van der Waals surface area contributed by atoms with Crippen LogP contribution >= 0.6 is 0 Å². The van der Waals surface area contributed by atoms with Crippen LogP contribution in [0.3, 0.4) is 0 Å². The average molecular weight is 431 g/mol. The molecule has 1 fully saturated rings. The Morgan fingerprint density at radius 2 is 2.03 bits per heavy atom. The van der Waals surface area contributed by atoms with Gasteiger partial charge in [0.05, 0.1) is 5.69 Å². The number of hydrogen-bond acceptors (Lipinski definition) is 6. The molecule has 1 aromatic heterocycles. The second kappa shape index (κ2) is 10.3. The van der Waals surface area contributed by atoms with Gasteiger partial charge in [0.1, 0.15) is 6.04 Å². The Morgan fingerprint density at radius 1 is 1.29 bits per heavy atom. The minimum Gasteiger partial charge on any atom is -0.427 e. The summed E-state index contributed by atoms with van der Waals surface area (Å²) in [4.78, 5) is 41.9. The number of carbonyl (C=O) groups excluding carboxylic acids is 3. The number of aryl methyl sites for hydroxylation is 1. The number of carbonyl (C=O) groups is 3. The molecule has 0 aromatic carbocycles. The molecule has 1 aromatic rings. The number of hydrazone groups is 1. The van der Waals surface area contributed by atoms with Gasteiger partial charge in [-0.1, -0.05) is 38.7 Å². The fourth-order valence-electron chi connectivity index (χ4n) is 4.28. The summed E-state index contributed by atoms with van der Waals surface area (Å²) in [7, 11) is 0. The van der Waals surface area contributed by atoms with Crippen LogP contribution in [0.1, 0.15) is 57.6 Å². The van der Waals surface area contributed by atoms with Gasteiger partial charge in [-0.05, 0) is 30.9 Å². The lowest BCUT2D eigenvalue weighted by Gasteiger charge is -2.25. The maximum atomic E-state index is 13.2. The maximum Gasteiger partial charge on any atom is 0.273 e. The van der Waals surface area contributed by atoms with E-state index in [0.29, 0.717) is 24.5 Å². The van der Waals surface area contributed by atoms with Crippen molar-refractivity contribution >= 4 is 23.9 Å². The molecule has 31 heavy (non-hydrogen) atoms. The van der Waals surface area contributed by atoms with E-state index in [1.54, 1.807) is 17.6 Å². The monoisotopic (exact) mass is 431 g/mol. The Bertz CT molecular complexity index is 919. The molecule has 0 unspecified atom stereocenters. The third kappa shape index (κ3) is 5.38. The Balaban J connectivity index is 1.80. The summed E-state index contributed by atoms with van der Waals surface area (Å²) in [5.41, 5.74) is 2.25. The van der Waals surface area contributed by atoms with Crippen LogP contribution in [-0.4, -0.2) is 50.1 Å². The molecule has 3 amide bonds. The van der Waals surface area contributed by atoms with E-state index in [0.717, 1.165) is 35.4 Å². The molecule has 0 bridgehead atoms. The van der Waals surface area contributed by atoms with E-state index in [9.17, 15) is 19.6 Å². The van der Waals surface area contributed by atoms with Crippen molar-refractivity contribution in [2.45, 2.75) is 64.3 Å². The number of rotatable bonds is 7. The first-order valence-corrected chi connectivity index (χ1v) is 10.7. The van der Waals surface area contributed by atoms with Crippen LogP contribution in [0.4, 0.5) is 0 Å². The molecule has 168 valence electrons. The molecule has 0 saturated heterocycles. The first-order valence-electron chi connectivity index (χ1n) is 10.7. The summed E-state index contributed by atoms with van der Waals surface area (Å²) in [5.74, 6) is -2.04. The molecule has 2 atom stereocenters. The SMILES string of the molecule is CCc1cccc(=NC(=O)[C@@H]2CC=NN2C(=O)[C@@H](CC(=O)NO)CC2CCCC2)n1O. The molecular formula is C21H29N5O5. The van der Waals surface area contributed by atoms with E-state index in [4.69, 9.17) is 5.21 Å². The predicted molar refractivity (Wildman–Crippen MR) is 110 cm³/mol. The highest BCUT2D eigenvalue weighted by molar-refractivity contribution is 5.94. The van der Waals surface area contributed by atoms with Crippen LogP contribution < -0.4 is 11.0 Å². The van der Waals surface area contributed by atoms with Gasteiger partial charge in [-0.3, -0.25) is 19.6 Å². The molecule has 0 radical (unpaired) electrons. The normalized spacial score (nSPS) is 20.3. The molecule has 2 heterocycles. The van der Waals surface area contributed by atoms with E-state index >= 15 is 0 Å². The fourth-order valence-corrected chi connectivity index (χ4v) is 4.28. The second-order valence-electron chi connectivity index (χ2n) is 8.05. The zero-order valence-corrected chi connectivity index (χ0v) is 17.6. The van der Waals surface area contributed by atoms with Crippen molar-refractivity contribution in [1.29, 1.82) is 0 Å². The summed E-state index contributed by atoms with van der Waals surface area (Å²) >= 11 is 0. The van der Waals surface area contributed by atoms with Crippen molar-refractivity contribution < 1.29 is 24.8 Å². The van der Waals surface area contributed by atoms with Gasteiger partial charge in [-0.2, -0.15) is 14.8 Å². The summed E-state index contributed by atoms with van der Waals surface area (Å²) in [6.07, 6.45) is 6.75. The number of hydroxylamine groups is 1. The highest BCUT2D eigenvalue weighted by Gasteiger charge is 2.38. The van der Waals surface area contributed by atoms with Crippen molar-refractivity contribution in [2.24, 2.45) is 21.9 Å². The van der Waals surface area contributed by atoms with Crippen LogP contribution in [0, 0.1) is 11.8 Å². The third-order valence-electron chi connectivity index (χ3n) is 5.95. The molecule has 1 saturated carbocycles. The van der Waals surface area contributed by atoms with Crippen LogP contribution in [0.5, 0.6) is 0 Å². The minimum absolute atomic E-state index is 0.0748. The quantitative estimate of drug-likeness (QED) is 0.340. The lowest BCUT2D eigenvalue weighted by Crippen LogP contribution is -2.43. The van der Waals surface area contributed by atoms with Gasteiger partial charge in [0, 0.05) is 25.0 Å². The van der Waals surface area contributed by atoms with Gasteiger partial charge in [0.25, 0.3) is 5.91 Å². The van der Waals surface area contributed by atoms with Crippen molar-refractivity contribution in [1.82, 2.24) is 15.2 Å². The Morgan fingerprint density at radius 3 is 2.71 bits per heavy atom. The van der Waals surface area contributed by atoms with E-state index in [1.165, 1.54) is 12.3 Å². The molecule has 0 spiro atoms. The first-order chi connectivity index (χ1) is 14.9. The second-order valence-corrected chi connectivity index (χ2v) is 8.05. The van der Waals surface area contributed by atoms with Crippen LogP contribution in [0.25, 0.3) is 0 Å². The molecule has 1 aliphatic carbocycles. The van der Waals surface area contributed by atoms with E-state index in [2.05, 4.69) is 10.1 Å². The maximum absolute atomic E-state index is 13.2. The highest BCUT2D eigenvalue weighted by atomic mass is 16.5. The Labute approximate surface area is 180 Å². The van der Waals surface area contributed by atoms with Gasteiger partial charge < -0.3 is 5.21 Å². The number of amides is 3. The topological polar surface area (TPSA) is 137 Å². The average Bonchev–Trinajstić information content (AvgIpc) is 3.46. The zero-order chi connectivity index (χ0) is 22.4. The first kappa shape index (κ1) is 22.7. The van der Waals surface area contributed by atoms with Crippen molar-refractivity contribution in [3.05, 3.63) is 29.4 Å². The van der Waals surface area contributed by atoms with Crippen molar-refractivity contribution in [3.8, 4) is 0 Å². The van der Waals surface area contributed by atoms with Gasteiger partial charge in [-0.15, -0.1) is 0 Å². The van der Waals surface area contributed by atoms with E-state index in [1.807, 2.05) is 6.92 Å². The van der Waals surface area contributed by atoms with E-state index < -0.39 is 29.7 Å². The number of aromatic nitrogens is 1. The molecule has 3 rings (SSSR count). The summed E-state index contributed by atoms with van der Waals surface area (Å²) in [6.45, 7) is 1.87. The number of nitrogens with zero attached hydrogens (tertiary/aromatic N) is 4. The standard InChI is InChI=1S/C21H29N5O5/c1-2-16-8-5-9-18(26(16)31)23-20(28)17-10-11-22-25(17)21(29)15(13-19(27)24-30)12-14-6-3-4-7-14/h5,8-9,11,14-15,17,30-31H,2-4,6-7,10,12-13H2,1H3,(H,24,27)/t15-,17+/m1/s1. The number of nitrogens with one attached hydrogen (secondary N) is 1. The molecule has 1 aliphatic heterocycles. The number of pyridine rings is 1. The van der Waals surface area contributed by atoms with Crippen LogP contribution in [0.15, 0.2) is 28.3 Å². The molecular weight excluding hydrogens is 402 g/mol. The molecule has 2 aliphatic rings. The summed E-state index contributed by atoms with van der Waals surface area (Å²) < 4.78 is 0.856. The minimum atomic E-state index is -0.930. The lowest BCUT2D eigenvalue weighted by atomic mass is 9.89. The molecule has 10 nitrogen and oxygen atoms in total. The third-order valence-corrected chi connectivity index (χ3v) is 5.95. The Hall–Kier alpha value is -3.01. The van der Waals surface area contributed by atoms with Gasteiger partial charge >= 0.3 is 0 Å². The smallest absolute Gasteiger partial charge is 0.273 e. The molecule has 10 heteroatoms. The lowest BCUT2D eigenvalue weighted by molar-refractivity contribution is -0.145. The Kier molecular flexibility index (Phi) is 7.56. The van der Waals surface area contributed by atoms with Crippen molar-refractivity contribution in [2.75, 3.05) is 0 Å². The van der Waals surface area contributed by atoms with Gasteiger partial charge in [0.2, 0.25) is 11.8 Å². The molecule has 3 N–H and O–H groups in total. The zero-order valence-electron chi connectivity index (χ0n) is 17.6. The van der Waals surface area contributed by atoms with Crippen molar-refractivity contribution in [3.63, 3.8) is 0 Å².